The van der Waals surface area contributed by atoms with Gasteiger partial charge in [0.25, 0.3) is 5.91 Å². The highest BCUT2D eigenvalue weighted by Gasteiger charge is 2.21. The van der Waals surface area contributed by atoms with Crippen LogP contribution in [0.3, 0.4) is 0 Å². The Balaban J connectivity index is 1.38. The number of nitrogens with zero attached hydrogens (tertiary/aromatic N) is 3. The first kappa shape index (κ1) is 18.8. The van der Waals surface area contributed by atoms with Gasteiger partial charge in [0.05, 0.1) is 24.1 Å². The molecular formula is C21H18N4O3S. The lowest BCUT2D eigenvalue weighted by Gasteiger charge is -2.21. The molecule has 0 saturated carbocycles. The fraction of sp³-hybridized carbons (Fsp3) is 0.143. The molecule has 2 N–H and O–H groups in total. The Bertz CT molecular complexity index is 1060. The van der Waals surface area contributed by atoms with Crippen LogP contribution in [0.2, 0.25) is 0 Å². The molecule has 8 heteroatoms. The van der Waals surface area contributed by atoms with Crippen molar-refractivity contribution in [3.8, 4) is 0 Å². The van der Waals surface area contributed by atoms with Gasteiger partial charge in [-0.05, 0) is 23.3 Å². The second-order valence-electron chi connectivity index (χ2n) is 6.59. The van der Waals surface area contributed by atoms with Gasteiger partial charge in [0, 0.05) is 13.1 Å². The number of thiazole rings is 1. The van der Waals surface area contributed by atoms with Crippen LogP contribution in [0.15, 0.2) is 59.6 Å². The van der Waals surface area contributed by atoms with Crippen LogP contribution in [0.5, 0.6) is 0 Å². The maximum absolute atomic E-state index is 12.4. The third kappa shape index (κ3) is 4.49. The summed E-state index contributed by atoms with van der Waals surface area (Å²) in [5, 5.41) is 13.0. The fourth-order valence-electron chi connectivity index (χ4n) is 2.95. The summed E-state index contributed by atoms with van der Waals surface area (Å²) in [6.45, 7) is 1.57. The molecule has 0 bridgehead atoms. The molecule has 1 aliphatic heterocycles. The monoisotopic (exact) mass is 406 g/mol. The Labute approximate surface area is 171 Å². The molecule has 7 nitrogen and oxygen atoms in total. The van der Waals surface area contributed by atoms with E-state index in [9.17, 15) is 9.59 Å². The van der Waals surface area contributed by atoms with Gasteiger partial charge in [0.15, 0.2) is 5.01 Å². The smallest absolute Gasteiger partial charge is 0.335 e. The molecule has 0 spiro atoms. The topological polar surface area (TPSA) is 94.9 Å². The summed E-state index contributed by atoms with van der Waals surface area (Å²) in [6.07, 6.45) is 1.73. The van der Waals surface area contributed by atoms with Crippen LogP contribution in [-0.4, -0.2) is 33.2 Å². The van der Waals surface area contributed by atoms with E-state index >= 15 is 0 Å². The first-order valence-electron chi connectivity index (χ1n) is 9.01. The maximum Gasteiger partial charge on any atom is 0.335 e. The van der Waals surface area contributed by atoms with Gasteiger partial charge in [-0.15, -0.1) is 0 Å². The quantitative estimate of drug-likeness (QED) is 0.654. The normalized spacial score (nSPS) is 12.5. The van der Waals surface area contributed by atoms with Crippen LogP contribution in [0, 0.1) is 0 Å². The summed E-state index contributed by atoms with van der Waals surface area (Å²) in [7, 11) is 0. The number of aromatic nitrogens is 1. The Morgan fingerprint density at radius 3 is 2.55 bits per heavy atom. The van der Waals surface area contributed by atoms with Gasteiger partial charge in [-0.25, -0.2) is 14.8 Å². The Morgan fingerprint density at radius 2 is 1.83 bits per heavy atom. The lowest BCUT2D eigenvalue weighted by Crippen LogP contribution is -2.24. The van der Waals surface area contributed by atoms with Crippen LogP contribution >= 0.6 is 11.3 Å². The van der Waals surface area contributed by atoms with Crippen molar-refractivity contribution in [3.63, 3.8) is 0 Å². The largest absolute Gasteiger partial charge is 0.478 e. The van der Waals surface area contributed by atoms with Gasteiger partial charge in [-0.2, -0.15) is 0 Å². The Morgan fingerprint density at radius 1 is 1.07 bits per heavy atom. The second kappa shape index (κ2) is 8.24. The molecule has 1 aliphatic rings. The van der Waals surface area contributed by atoms with Crippen LogP contribution < -0.4 is 5.32 Å². The van der Waals surface area contributed by atoms with Crippen LogP contribution in [0.25, 0.3) is 0 Å². The van der Waals surface area contributed by atoms with Crippen molar-refractivity contribution >= 4 is 34.6 Å². The number of carboxylic acids is 1. The van der Waals surface area contributed by atoms with Gasteiger partial charge in [-0.3, -0.25) is 4.79 Å². The van der Waals surface area contributed by atoms with Crippen molar-refractivity contribution in [1.82, 2.24) is 15.2 Å². The molecule has 0 fully saturated rings. The Hall–Kier alpha value is -3.52. The van der Waals surface area contributed by atoms with Crippen LogP contribution in [0.1, 0.15) is 37.0 Å². The number of hydrogen-bond donors (Lipinski definition) is 2. The van der Waals surface area contributed by atoms with Crippen LogP contribution in [0.4, 0.5) is 5.00 Å². The average molecular weight is 406 g/mol. The highest BCUT2D eigenvalue weighted by atomic mass is 32.1. The summed E-state index contributed by atoms with van der Waals surface area (Å²) in [6, 6.07) is 16.5. The van der Waals surface area contributed by atoms with E-state index in [-0.39, 0.29) is 11.5 Å². The standard InChI is InChI=1S/C21H18N4O3S/c26-18(22-10-14-4-2-1-3-5-14)20-24-17-12-25(13-23-19(17)29-20)11-15-6-8-16(9-7-15)21(27)28/h1-9,13H,10-12H2,(H,22,26)(H,27,28). The summed E-state index contributed by atoms with van der Waals surface area (Å²) in [5.41, 5.74) is 3.03. The molecule has 1 aromatic heterocycles. The van der Waals surface area contributed by atoms with Crippen molar-refractivity contribution in [2.75, 3.05) is 0 Å². The second-order valence-corrected chi connectivity index (χ2v) is 7.57. The number of amides is 1. The molecule has 4 rings (SSSR count). The zero-order valence-corrected chi connectivity index (χ0v) is 16.2. The number of fused-ring (bicyclic) bond motifs is 1. The first-order chi connectivity index (χ1) is 14.1. The summed E-state index contributed by atoms with van der Waals surface area (Å²) in [5.74, 6) is -1.15. The molecule has 0 unspecified atom stereocenters. The zero-order valence-electron chi connectivity index (χ0n) is 15.4. The van der Waals surface area contributed by atoms with E-state index in [4.69, 9.17) is 5.11 Å². The lowest BCUT2D eigenvalue weighted by atomic mass is 10.1. The van der Waals surface area contributed by atoms with Crippen molar-refractivity contribution in [2.45, 2.75) is 19.6 Å². The van der Waals surface area contributed by atoms with E-state index in [1.54, 1.807) is 30.6 Å². The molecule has 0 radical (unpaired) electrons. The van der Waals surface area contributed by atoms with Gasteiger partial charge < -0.3 is 15.3 Å². The number of carboxylic acid groups (broad SMARTS) is 1. The number of aliphatic imine (C=N–C) groups is 1. The maximum atomic E-state index is 12.4. The average Bonchev–Trinajstić information content (AvgIpc) is 3.17. The predicted octanol–water partition coefficient (Wildman–Crippen LogP) is 3.45. The molecule has 2 aromatic carbocycles. The molecule has 3 aromatic rings. The summed E-state index contributed by atoms with van der Waals surface area (Å²) in [4.78, 5) is 34.2. The van der Waals surface area contributed by atoms with Gasteiger partial charge in [0.1, 0.15) is 5.00 Å². The number of nitrogens with one attached hydrogen (secondary N) is 1. The minimum absolute atomic E-state index is 0.209. The van der Waals surface area contributed by atoms with Crippen molar-refractivity contribution in [2.24, 2.45) is 4.99 Å². The number of hydrogen-bond acceptors (Lipinski definition) is 6. The molecule has 29 heavy (non-hydrogen) atoms. The molecule has 1 amide bonds. The van der Waals surface area contributed by atoms with E-state index in [0.29, 0.717) is 24.6 Å². The highest BCUT2D eigenvalue weighted by Crippen LogP contribution is 2.31. The fourth-order valence-corrected chi connectivity index (χ4v) is 3.78. The molecule has 146 valence electrons. The van der Waals surface area contributed by atoms with Gasteiger partial charge >= 0.3 is 5.97 Å². The van der Waals surface area contributed by atoms with Crippen LogP contribution in [-0.2, 0) is 19.6 Å². The summed E-state index contributed by atoms with van der Waals surface area (Å²) >= 11 is 1.28. The van der Waals surface area contributed by atoms with E-state index in [1.807, 2.05) is 35.2 Å². The lowest BCUT2D eigenvalue weighted by molar-refractivity contribution is 0.0696. The number of rotatable bonds is 6. The molecule has 0 atom stereocenters. The predicted molar refractivity (Wildman–Crippen MR) is 111 cm³/mol. The van der Waals surface area contributed by atoms with Gasteiger partial charge in [-0.1, -0.05) is 53.8 Å². The third-order valence-electron chi connectivity index (χ3n) is 4.44. The van der Waals surface area contributed by atoms with Crippen molar-refractivity contribution < 1.29 is 14.7 Å². The minimum Gasteiger partial charge on any atom is -0.478 e. The first-order valence-corrected chi connectivity index (χ1v) is 9.82. The minimum atomic E-state index is -0.943. The Kier molecular flexibility index (Phi) is 5.35. The number of carbonyl (C=O) groups is 2. The third-order valence-corrected chi connectivity index (χ3v) is 5.45. The molecule has 0 aliphatic carbocycles. The molecule has 0 saturated heterocycles. The number of benzene rings is 2. The highest BCUT2D eigenvalue weighted by molar-refractivity contribution is 7.17. The van der Waals surface area contributed by atoms with E-state index in [2.05, 4.69) is 15.3 Å². The number of carbonyl (C=O) groups excluding carboxylic acids is 1. The van der Waals surface area contributed by atoms with Crippen molar-refractivity contribution in [3.05, 3.63) is 82.0 Å². The number of aromatic carboxylic acids is 1. The zero-order chi connectivity index (χ0) is 20.2. The summed E-state index contributed by atoms with van der Waals surface area (Å²) < 4.78 is 0. The van der Waals surface area contributed by atoms with E-state index < -0.39 is 5.97 Å². The van der Waals surface area contributed by atoms with E-state index in [1.165, 1.54) is 11.3 Å². The molecular weight excluding hydrogens is 388 g/mol. The SMILES string of the molecule is O=C(O)c1ccc(CN2C=Nc3sc(C(=O)NCc4ccccc4)nc3C2)cc1. The van der Waals surface area contributed by atoms with Crippen molar-refractivity contribution in [1.29, 1.82) is 0 Å². The van der Waals surface area contributed by atoms with E-state index in [0.717, 1.165) is 21.8 Å². The van der Waals surface area contributed by atoms with Gasteiger partial charge in [0.2, 0.25) is 0 Å². The molecule has 2 heterocycles.